The summed E-state index contributed by atoms with van der Waals surface area (Å²) in [6, 6.07) is 0. The van der Waals surface area contributed by atoms with Gasteiger partial charge in [0.25, 0.3) is 0 Å². The zero-order valence-corrected chi connectivity index (χ0v) is 7.86. The Hall–Kier alpha value is -0.0800. The Morgan fingerprint density at radius 1 is 1.17 bits per heavy atom. The molecule has 70 valence electrons. The van der Waals surface area contributed by atoms with E-state index < -0.39 is 6.29 Å². The van der Waals surface area contributed by atoms with Gasteiger partial charge in [0.1, 0.15) is 0 Å². The Balaban J connectivity index is 2.09. The predicted octanol–water partition coefficient (Wildman–Crippen LogP) is 1.63. The Kier molecular flexibility index (Phi) is 2.13. The molecule has 0 radical (unpaired) electrons. The molecule has 2 heteroatoms. The van der Waals surface area contributed by atoms with Gasteiger partial charge in [-0.1, -0.05) is 20.3 Å². The maximum absolute atomic E-state index is 9.49. The van der Waals surface area contributed by atoms with Gasteiger partial charge in [0, 0.05) is 5.92 Å². The van der Waals surface area contributed by atoms with Crippen molar-refractivity contribution in [1.29, 1.82) is 0 Å². The highest BCUT2D eigenvalue weighted by atomic mass is 16.6. The molecule has 12 heavy (non-hydrogen) atoms. The fourth-order valence-electron chi connectivity index (χ4n) is 2.82. The zero-order chi connectivity index (χ0) is 8.72. The normalized spacial score (nSPS) is 53.8. The van der Waals surface area contributed by atoms with Crippen molar-refractivity contribution in [3.05, 3.63) is 0 Å². The minimum atomic E-state index is -0.503. The number of hydrogen-bond acceptors (Lipinski definition) is 2. The summed E-state index contributed by atoms with van der Waals surface area (Å²) in [6.07, 6.45) is 2.10. The molecule has 0 bridgehead atoms. The first-order valence-electron chi connectivity index (χ1n) is 5.00. The molecule has 1 N–H and O–H groups in total. The number of fused-ring (bicyclic) bond motifs is 1. The van der Waals surface area contributed by atoms with Crippen LogP contribution in [0, 0.1) is 23.7 Å². The second-order valence-corrected chi connectivity index (χ2v) is 4.47. The number of rotatable bonds is 0. The van der Waals surface area contributed by atoms with E-state index in [0.29, 0.717) is 17.8 Å². The van der Waals surface area contributed by atoms with Crippen LogP contribution in [-0.4, -0.2) is 18.0 Å². The lowest BCUT2D eigenvalue weighted by Gasteiger charge is -2.36. The van der Waals surface area contributed by atoms with E-state index >= 15 is 0 Å². The number of aliphatic hydroxyl groups excluding tert-OH is 1. The zero-order valence-electron chi connectivity index (χ0n) is 7.86. The Morgan fingerprint density at radius 3 is 2.67 bits per heavy atom. The smallest absolute Gasteiger partial charge is 0.157 e. The van der Waals surface area contributed by atoms with Gasteiger partial charge < -0.3 is 9.84 Å². The van der Waals surface area contributed by atoms with Gasteiger partial charge in [-0.2, -0.15) is 0 Å². The molecule has 1 heterocycles. The minimum Gasteiger partial charge on any atom is -0.368 e. The van der Waals surface area contributed by atoms with Crippen molar-refractivity contribution >= 4 is 0 Å². The fraction of sp³-hybridized carbons (Fsp3) is 1.00. The van der Waals surface area contributed by atoms with Gasteiger partial charge in [-0.25, -0.2) is 0 Å². The largest absolute Gasteiger partial charge is 0.368 e. The summed E-state index contributed by atoms with van der Waals surface area (Å²) >= 11 is 0. The molecule has 2 rings (SSSR count). The minimum absolute atomic E-state index is 0.341. The van der Waals surface area contributed by atoms with Crippen LogP contribution in [0.3, 0.4) is 0 Å². The van der Waals surface area contributed by atoms with Crippen LogP contribution >= 0.6 is 0 Å². The highest BCUT2D eigenvalue weighted by Gasteiger charge is 2.42. The van der Waals surface area contributed by atoms with Crippen molar-refractivity contribution in [2.45, 2.75) is 33.0 Å². The molecule has 2 unspecified atom stereocenters. The Labute approximate surface area is 73.9 Å². The van der Waals surface area contributed by atoms with E-state index in [0.717, 1.165) is 12.5 Å². The maximum atomic E-state index is 9.49. The molecule has 0 aromatic carbocycles. The molecule has 2 fully saturated rings. The van der Waals surface area contributed by atoms with Gasteiger partial charge in [0.2, 0.25) is 0 Å². The van der Waals surface area contributed by atoms with Crippen molar-refractivity contribution in [3.8, 4) is 0 Å². The fourth-order valence-corrected chi connectivity index (χ4v) is 2.82. The van der Waals surface area contributed by atoms with Crippen LogP contribution in [-0.2, 0) is 4.74 Å². The lowest BCUT2D eigenvalue weighted by Crippen LogP contribution is -2.39. The molecule has 2 nitrogen and oxygen atoms in total. The van der Waals surface area contributed by atoms with E-state index in [1.807, 2.05) is 0 Å². The van der Waals surface area contributed by atoms with Crippen LogP contribution in [0.2, 0.25) is 0 Å². The van der Waals surface area contributed by atoms with E-state index in [1.165, 1.54) is 12.8 Å². The van der Waals surface area contributed by atoms with Gasteiger partial charge >= 0.3 is 0 Å². The third-order valence-electron chi connectivity index (χ3n) is 3.82. The van der Waals surface area contributed by atoms with Gasteiger partial charge in [0.05, 0.1) is 6.61 Å². The quantitative estimate of drug-likeness (QED) is 0.598. The Bertz CT molecular complexity index is 169. The molecule has 0 aromatic rings. The van der Waals surface area contributed by atoms with Crippen LogP contribution < -0.4 is 0 Å². The van der Waals surface area contributed by atoms with E-state index in [-0.39, 0.29) is 0 Å². The summed E-state index contributed by atoms with van der Waals surface area (Å²) in [4.78, 5) is 0. The predicted molar refractivity (Wildman–Crippen MR) is 46.5 cm³/mol. The number of aliphatic hydroxyl groups is 1. The SMILES string of the molecule is CC1C(O)OC[C@H]2[C@@H](C)CC[C@@H]12. The third kappa shape index (κ3) is 1.17. The van der Waals surface area contributed by atoms with E-state index in [4.69, 9.17) is 4.74 Å². The summed E-state index contributed by atoms with van der Waals surface area (Å²) in [7, 11) is 0. The average Bonchev–Trinajstić information content (AvgIpc) is 2.41. The first kappa shape index (κ1) is 8.52. The summed E-state index contributed by atoms with van der Waals surface area (Å²) < 4.78 is 5.33. The standard InChI is InChI=1S/C10H18O2/c1-6-3-4-8-7(2)10(11)12-5-9(6)8/h6-11H,3-5H2,1-2H3/t6-,7?,8-,9-,10?/m0/s1. The van der Waals surface area contributed by atoms with Crippen molar-refractivity contribution in [3.63, 3.8) is 0 Å². The van der Waals surface area contributed by atoms with E-state index in [1.54, 1.807) is 0 Å². The monoisotopic (exact) mass is 170 g/mol. The second kappa shape index (κ2) is 3.00. The second-order valence-electron chi connectivity index (χ2n) is 4.47. The topological polar surface area (TPSA) is 29.5 Å². The molecule has 5 atom stereocenters. The summed E-state index contributed by atoms with van der Waals surface area (Å²) in [5.41, 5.74) is 0. The molecule has 1 aliphatic carbocycles. The van der Waals surface area contributed by atoms with Crippen molar-refractivity contribution in [1.82, 2.24) is 0 Å². The average molecular weight is 170 g/mol. The molecular formula is C10H18O2. The van der Waals surface area contributed by atoms with Gasteiger partial charge in [-0.05, 0) is 24.2 Å². The van der Waals surface area contributed by atoms with Crippen LogP contribution in [0.4, 0.5) is 0 Å². The van der Waals surface area contributed by atoms with E-state index in [9.17, 15) is 5.11 Å². The Morgan fingerprint density at radius 2 is 1.92 bits per heavy atom. The van der Waals surface area contributed by atoms with Gasteiger partial charge in [-0.15, -0.1) is 0 Å². The van der Waals surface area contributed by atoms with Crippen molar-refractivity contribution in [2.24, 2.45) is 23.7 Å². The molecule has 0 amide bonds. The lowest BCUT2D eigenvalue weighted by molar-refractivity contribution is -0.190. The summed E-state index contributed by atoms with van der Waals surface area (Å²) in [6.45, 7) is 5.19. The summed E-state index contributed by atoms with van der Waals surface area (Å²) in [5.74, 6) is 2.56. The molecular weight excluding hydrogens is 152 g/mol. The highest BCUT2D eigenvalue weighted by Crippen LogP contribution is 2.45. The van der Waals surface area contributed by atoms with Crippen molar-refractivity contribution < 1.29 is 9.84 Å². The maximum Gasteiger partial charge on any atom is 0.157 e. The molecule has 0 aromatic heterocycles. The van der Waals surface area contributed by atoms with E-state index in [2.05, 4.69) is 13.8 Å². The number of ether oxygens (including phenoxy) is 1. The lowest BCUT2D eigenvalue weighted by atomic mass is 9.80. The van der Waals surface area contributed by atoms with Gasteiger partial charge in [-0.3, -0.25) is 0 Å². The van der Waals surface area contributed by atoms with Crippen LogP contribution in [0.25, 0.3) is 0 Å². The molecule has 1 saturated heterocycles. The van der Waals surface area contributed by atoms with Crippen LogP contribution in [0.1, 0.15) is 26.7 Å². The van der Waals surface area contributed by atoms with Crippen LogP contribution in [0.5, 0.6) is 0 Å². The first-order chi connectivity index (χ1) is 5.70. The molecule has 1 saturated carbocycles. The third-order valence-corrected chi connectivity index (χ3v) is 3.82. The molecule has 0 spiro atoms. The van der Waals surface area contributed by atoms with Crippen LogP contribution in [0.15, 0.2) is 0 Å². The summed E-state index contributed by atoms with van der Waals surface area (Å²) in [5, 5.41) is 9.49. The highest BCUT2D eigenvalue weighted by molar-refractivity contribution is 4.88. The molecule has 2 aliphatic rings. The van der Waals surface area contributed by atoms with Gasteiger partial charge in [0.15, 0.2) is 6.29 Å². The number of hydrogen-bond donors (Lipinski definition) is 1. The molecule has 1 aliphatic heterocycles. The first-order valence-corrected chi connectivity index (χ1v) is 5.00. The van der Waals surface area contributed by atoms with Crippen molar-refractivity contribution in [2.75, 3.05) is 6.61 Å².